The Hall–Kier alpha value is -3.50. The molecule has 0 saturated carbocycles. The smallest absolute Gasteiger partial charge is 0.301 e. The number of anilines is 1. The van der Waals surface area contributed by atoms with E-state index in [0.717, 1.165) is 0 Å². The van der Waals surface area contributed by atoms with Crippen molar-refractivity contribution < 1.29 is 24.3 Å². The number of ether oxygens (including phenoxy) is 2. The lowest BCUT2D eigenvalue weighted by Crippen LogP contribution is -2.45. The SMILES string of the molecule is COc1cc([C@@H]2c3c(n(C(C)C)[nH]c3=O)NC(=O)[C@@H]2[N+](=O)[O-])cc(OC)c1O. The van der Waals surface area contributed by atoms with Crippen molar-refractivity contribution in [2.45, 2.75) is 31.8 Å². The molecular weight excluding hydrogens is 372 g/mol. The summed E-state index contributed by atoms with van der Waals surface area (Å²) in [5.74, 6) is -2.15. The van der Waals surface area contributed by atoms with E-state index in [1.54, 1.807) is 13.8 Å². The van der Waals surface area contributed by atoms with Gasteiger partial charge < -0.3 is 19.9 Å². The van der Waals surface area contributed by atoms with Gasteiger partial charge in [0.2, 0.25) is 5.75 Å². The molecule has 0 fully saturated rings. The first-order valence-corrected chi connectivity index (χ1v) is 8.44. The van der Waals surface area contributed by atoms with E-state index in [-0.39, 0.29) is 40.2 Å². The van der Waals surface area contributed by atoms with Crippen molar-refractivity contribution >= 4 is 11.7 Å². The number of nitrogens with zero attached hydrogens (tertiary/aromatic N) is 2. The maximum absolute atomic E-state index is 12.7. The zero-order valence-corrected chi connectivity index (χ0v) is 15.7. The number of hydrogen-bond donors (Lipinski definition) is 3. The number of nitro groups is 1. The standard InChI is InChI=1S/C17H20N4O7/c1-7(2)20-15-12(16(23)19-20)11(13(21(25)26)17(24)18-15)8-5-9(27-3)14(22)10(6-8)28-4/h5-7,11,13,22H,1-4H3,(H,18,24)(H,19,23)/t11-,13-/m1/s1. The second-order valence-corrected chi connectivity index (χ2v) is 6.64. The van der Waals surface area contributed by atoms with Crippen LogP contribution in [0, 0.1) is 10.1 Å². The van der Waals surface area contributed by atoms with Gasteiger partial charge in [-0.2, -0.15) is 0 Å². The summed E-state index contributed by atoms with van der Waals surface area (Å²) in [5, 5.41) is 26.9. The van der Waals surface area contributed by atoms with Crippen molar-refractivity contribution in [3.05, 3.63) is 43.7 Å². The van der Waals surface area contributed by atoms with Crippen LogP contribution in [0.25, 0.3) is 0 Å². The minimum atomic E-state index is -1.74. The van der Waals surface area contributed by atoms with Crippen molar-refractivity contribution in [3.63, 3.8) is 0 Å². The first-order chi connectivity index (χ1) is 13.2. The first-order valence-electron chi connectivity index (χ1n) is 8.44. The van der Waals surface area contributed by atoms with Crippen molar-refractivity contribution in [3.8, 4) is 17.2 Å². The van der Waals surface area contributed by atoms with Gasteiger partial charge in [0.25, 0.3) is 5.56 Å². The molecule has 0 radical (unpaired) electrons. The lowest BCUT2D eigenvalue weighted by molar-refractivity contribution is -0.509. The molecule has 3 rings (SSSR count). The number of carbonyl (C=O) groups is 1. The molecule has 2 aromatic rings. The Kier molecular flexibility index (Phi) is 4.75. The Morgan fingerprint density at radius 3 is 2.25 bits per heavy atom. The van der Waals surface area contributed by atoms with Crippen LogP contribution in [0.1, 0.15) is 36.9 Å². The predicted molar refractivity (Wildman–Crippen MR) is 97.9 cm³/mol. The van der Waals surface area contributed by atoms with Gasteiger partial charge >= 0.3 is 11.9 Å². The Labute approximate surface area is 159 Å². The average molecular weight is 392 g/mol. The normalized spacial score (nSPS) is 18.5. The highest BCUT2D eigenvalue weighted by molar-refractivity contribution is 5.98. The number of aromatic hydroxyl groups is 1. The van der Waals surface area contributed by atoms with Gasteiger partial charge in [0.15, 0.2) is 11.5 Å². The Morgan fingerprint density at radius 1 is 1.21 bits per heavy atom. The van der Waals surface area contributed by atoms with Crippen LogP contribution in [0.2, 0.25) is 0 Å². The molecule has 150 valence electrons. The molecule has 1 aliphatic rings. The van der Waals surface area contributed by atoms with E-state index in [9.17, 15) is 24.8 Å². The maximum Gasteiger partial charge on any atom is 0.301 e. The summed E-state index contributed by atoms with van der Waals surface area (Å²) in [6.07, 6.45) is 0. The third-order valence-electron chi connectivity index (χ3n) is 4.70. The van der Waals surface area contributed by atoms with Crippen LogP contribution in [-0.4, -0.2) is 46.0 Å². The third kappa shape index (κ3) is 2.84. The van der Waals surface area contributed by atoms with Gasteiger partial charge in [-0.3, -0.25) is 29.5 Å². The first kappa shape index (κ1) is 19.3. The summed E-state index contributed by atoms with van der Waals surface area (Å²) in [6, 6.07) is 0.769. The highest BCUT2D eigenvalue weighted by atomic mass is 16.6. The molecule has 1 amide bonds. The largest absolute Gasteiger partial charge is 0.502 e. The monoisotopic (exact) mass is 392 g/mol. The van der Waals surface area contributed by atoms with Crippen molar-refractivity contribution in [1.82, 2.24) is 9.78 Å². The Balaban J connectivity index is 2.33. The molecule has 11 heteroatoms. The lowest BCUT2D eigenvalue weighted by Gasteiger charge is -2.27. The van der Waals surface area contributed by atoms with Crippen LogP contribution >= 0.6 is 0 Å². The Morgan fingerprint density at radius 2 is 1.79 bits per heavy atom. The van der Waals surface area contributed by atoms with E-state index < -0.39 is 28.3 Å². The number of H-pyrrole nitrogens is 1. The number of amides is 1. The quantitative estimate of drug-likeness (QED) is 0.511. The topological polar surface area (TPSA) is 149 Å². The van der Waals surface area contributed by atoms with Crippen molar-refractivity contribution in [1.29, 1.82) is 0 Å². The molecular formula is C17H20N4O7. The number of aromatic amines is 1. The van der Waals surface area contributed by atoms with Gasteiger partial charge in [-0.1, -0.05) is 0 Å². The number of nitrogens with one attached hydrogen (secondary N) is 2. The number of fused-ring (bicyclic) bond motifs is 1. The number of aromatic nitrogens is 2. The highest BCUT2D eigenvalue weighted by Crippen LogP contribution is 2.44. The fourth-order valence-corrected chi connectivity index (χ4v) is 3.43. The average Bonchev–Trinajstić information content (AvgIpc) is 2.97. The van der Waals surface area contributed by atoms with Crippen LogP contribution in [0.15, 0.2) is 16.9 Å². The Bertz CT molecular complexity index is 982. The summed E-state index contributed by atoms with van der Waals surface area (Å²) >= 11 is 0. The van der Waals surface area contributed by atoms with Gasteiger partial charge in [0.05, 0.1) is 25.7 Å². The maximum atomic E-state index is 12.7. The van der Waals surface area contributed by atoms with E-state index >= 15 is 0 Å². The number of phenolic OH excluding ortho intramolecular Hbond substituents is 1. The lowest BCUT2D eigenvalue weighted by atomic mass is 9.83. The summed E-state index contributed by atoms with van der Waals surface area (Å²) in [5.41, 5.74) is -0.257. The van der Waals surface area contributed by atoms with E-state index in [1.165, 1.54) is 31.0 Å². The van der Waals surface area contributed by atoms with Crippen LogP contribution < -0.4 is 20.3 Å². The van der Waals surface area contributed by atoms with Gasteiger partial charge in [0, 0.05) is 11.0 Å². The number of benzene rings is 1. The fraction of sp³-hybridized carbons (Fsp3) is 0.412. The number of hydrogen-bond acceptors (Lipinski definition) is 7. The zero-order chi connectivity index (χ0) is 20.7. The molecule has 0 bridgehead atoms. The molecule has 2 atom stereocenters. The van der Waals surface area contributed by atoms with Gasteiger partial charge in [-0.25, -0.2) is 0 Å². The molecule has 3 N–H and O–H groups in total. The summed E-state index contributed by atoms with van der Waals surface area (Å²) in [4.78, 5) is 36.2. The van der Waals surface area contributed by atoms with Crippen LogP contribution in [0.3, 0.4) is 0 Å². The van der Waals surface area contributed by atoms with Crippen LogP contribution in [-0.2, 0) is 4.79 Å². The highest BCUT2D eigenvalue weighted by Gasteiger charge is 2.49. The van der Waals surface area contributed by atoms with Gasteiger partial charge in [0.1, 0.15) is 5.82 Å². The third-order valence-corrected chi connectivity index (χ3v) is 4.70. The number of carbonyl (C=O) groups excluding carboxylic acids is 1. The number of rotatable bonds is 5. The number of phenols is 1. The molecule has 1 aliphatic heterocycles. The van der Waals surface area contributed by atoms with Gasteiger partial charge in [-0.05, 0) is 31.5 Å². The molecule has 0 unspecified atom stereocenters. The van der Waals surface area contributed by atoms with E-state index in [4.69, 9.17) is 9.47 Å². The summed E-state index contributed by atoms with van der Waals surface area (Å²) < 4.78 is 11.7. The minimum absolute atomic E-state index is 0.00343. The molecule has 28 heavy (non-hydrogen) atoms. The summed E-state index contributed by atoms with van der Waals surface area (Å²) in [6.45, 7) is 3.59. The van der Waals surface area contributed by atoms with Gasteiger partial charge in [-0.15, -0.1) is 0 Å². The predicted octanol–water partition coefficient (Wildman–Crippen LogP) is 1.21. The summed E-state index contributed by atoms with van der Waals surface area (Å²) in [7, 11) is 2.62. The number of methoxy groups -OCH3 is 2. The zero-order valence-electron chi connectivity index (χ0n) is 15.7. The van der Waals surface area contributed by atoms with Crippen molar-refractivity contribution in [2.75, 3.05) is 19.5 Å². The van der Waals surface area contributed by atoms with Crippen molar-refractivity contribution in [2.24, 2.45) is 0 Å². The van der Waals surface area contributed by atoms with E-state index in [2.05, 4.69) is 10.4 Å². The molecule has 11 nitrogen and oxygen atoms in total. The van der Waals surface area contributed by atoms with Crippen LogP contribution in [0.5, 0.6) is 17.2 Å². The molecule has 1 aromatic heterocycles. The molecule has 0 saturated heterocycles. The molecule has 1 aromatic carbocycles. The van der Waals surface area contributed by atoms with E-state index in [1.807, 2.05) is 0 Å². The molecule has 2 heterocycles. The molecule has 0 aliphatic carbocycles. The minimum Gasteiger partial charge on any atom is -0.502 e. The second kappa shape index (κ2) is 6.91. The fourth-order valence-electron chi connectivity index (χ4n) is 3.43. The molecule has 0 spiro atoms. The van der Waals surface area contributed by atoms with E-state index in [0.29, 0.717) is 0 Å². The van der Waals surface area contributed by atoms with Crippen LogP contribution in [0.4, 0.5) is 5.82 Å². The second-order valence-electron chi connectivity index (χ2n) is 6.64.